The maximum Gasteiger partial charge on any atom is 0.307 e. The molecule has 0 spiro atoms. The highest BCUT2D eigenvalue weighted by Gasteiger charge is 2.44. The fraction of sp³-hybridized carbons (Fsp3) is 0.389. The Hall–Kier alpha value is -2.23. The van der Waals surface area contributed by atoms with Gasteiger partial charge in [0.2, 0.25) is 6.29 Å². The molecular formula is C18H20O8. The Bertz CT molecular complexity index is 790. The summed E-state index contributed by atoms with van der Waals surface area (Å²) in [4.78, 5) is 10.8. The second-order valence-electron chi connectivity index (χ2n) is 6.23. The highest BCUT2D eigenvalue weighted by molar-refractivity contribution is 5.85. The van der Waals surface area contributed by atoms with E-state index in [1.165, 1.54) is 0 Å². The molecule has 26 heavy (non-hydrogen) atoms. The molecule has 0 radical (unpaired) electrons. The smallest absolute Gasteiger partial charge is 0.307 e. The van der Waals surface area contributed by atoms with Crippen molar-refractivity contribution in [3.05, 3.63) is 42.0 Å². The van der Waals surface area contributed by atoms with Crippen molar-refractivity contribution in [3.63, 3.8) is 0 Å². The van der Waals surface area contributed by atoms with Crippen LogP contribution in [0.25, 0.3) is 10.8 Å². The molecule has 2 aromatic rings. The van der Waals surface area contributed by atoms with Crippen LogP contribution in [0.5, 0.6) is 5.75 Å². The fourth-order valence-electron chi connectivity index (χ4n) is 2.93. The lowest BCUT2D eigenvalue weighted by molar-refractivity contribution is -0.277. The summed E-state index contributed by atoms with van der Waals surface area (Å²) in [5.41, 5.74) is 0.674. The van der Waals surface area contributed by atoms with Crippen LogP contribution in [0.2, 0.25) is 0 Å². The molecular weight excluding hydrogens is 344 g/mol. The van der Waals surface area contributed by atoms with Gasteiger partial charge in [-0.25, -0.2) is 0 Å². The van der Waals surface area contributed by atoms with E-state index in [0.29, 0.717) is 11.3 Å². The number of carbonyl (C=O) groups is 1. The number of carboxylic acid groups (broad SMARTS) is 1. The van der Waals surface area contributed by atoms with Crippen LogP contribution in [-0.4, -0.2) is 68.8 Å². The van der Waals surface area contributed by atoms with Crippen LogP contribution >= 0.6 is 0 Å². The van der Waals surface area contributed by atoms with Gasteiger partial charge in [-0.05, 0) is 28.5 Å². The number of aliphatic carboxylic acids is 1. The highest BCUT2D eigenvalue weighted by Crippen LogP contribution is 2.27. The van der Waals surface area contributed by atoms with Gasteiger partial charge in [0.1, 0.15) is 30.2 Å². The van der Waals surface area contributed by atoms with E-state index >= 15 is 0 Å². The van der Waals surface area contributed by atoms with Crippen LogP contribution in [0, 0.1) is 0 Å². The Labute approximate surface area is 148 Å². The molecule has 8 heteroatoms. The van der Waals surface area contributed by atoms with Gasteiger partial charge in [0.05, 0.1) is 13.0 Å². The minimum atomic E-state index is -1.51. The van der Waals surface area contributed by atoms with Crippen LogP contribution in [0.1, 0.15) is 5.56 Å². The zero-order valence-electron chi connectivity index (χ0n) is 13.7. The standard InChI is InChI=1S/C18H20O8/c19-8-13-15(22)16(23)17(24)18(26-13)25-12-4-3-10-5-9(6-14(20)21)1-2-11(10)7-12/h1-5,7,13,15-19,22-24H,6,8H2,(H,20,21)/t13-,15+,16+,17-,18+/m1/s1. The summed E-state index contributed by atoms with van der Waals surface area (Å²) in [5, 5.41) is 49.3. The van der Waals surface area contributed by atoms with E-state index < -0.39 is 43.3 Å². The highest BCUT2D eigenvalue weighted by atomic mass is 16.7. The normalized spacial score (nSPS) is 28.8. The van der Waals surface area contributed by atoms with Crippen molar-refractivity contribution in [1.82, 2.24) is 0 Å². The van der Waals surface area contributed by atoms with Crippen molar-refractivity contribution in [2.75, 3.05) is 6.61 Å². The lowest BCUT2D eigenvalue weighted by atomic mass is 9.99. The maximum atomic E-state index is 10.8. The van der Waals surface area contributed by atoms with Crippen molar-refractivity contribution in [1.29, 1.82) is 0 Å². The molecule has 1 aliphatic heterocycles. The number of hydrogen-bond donors (Lipinski definition) is 5. The minimum absolute atomic E-state index is 0.0704. The van der Waals surface area contributed by atoms with E-state index in [9.17, 15) is 25.2 Å². The van der Waals surface area contributed by atoms with Gasteiger partial charge in [-0.1, -0.05) is 24.3 Å². The second-order valence-corrected chi connectivity index (χ2v) is 6.23. The molecule has 0 aromatic heterocycles. The third-order valence-corrected chi connectivity index (χ3v) is 4.33. The van der Waals surface area contributed by atoms with Crippen LogP contribution in [0.4, 0.5) is 0 Å². The molecule has 5 N–H and O–H groups in total. The predicted octanol–water partition coefficient (Wildman–Crippen LogP) is -0.354. The van der Waals surface area contributed by atoms with Gasteiger partial charge < -0.3 is 35.0 Å². The van der Waals surface area contributed by atoms with E-state index in [1.54, 1.807) is 36.4 Å². The van der Waals surface area contributed by atoms with E-state index in [-0.39, 0.29) is 6.42 Å². The van der Waals surface area contributed by atoms with E-state index in [0.717, 1.165) is 10.8 Å². The lowest BCUT2D eigenvalue weighted by Gasteiger charge is -2.39. The van der Waals surface area contributed by atoms with Gasteiger partial charge in [-0.3, -0.25) is 4.79 Å². The summed E-state index contributed by atoms with van der Waals surface area (Å²) >= 11 is 0. The first-order valence-corrected chi connectivity index (χ1v) is 8.10. The number of carboxylic acids is 1. The molecule has 2 aromatic carbocycles. The second kappa shape index (κ2) is 7.56. The zero-order chi connectivity index (χ0) is 18.8. The van der Waals surface area contributed by atoms with Crippen molar-refractivity contribution in [3.8, 4) is 5.75 Å². The summed E-state index contributed by atoms with van der Waals surface area (Å²) in [5.74, 6) is -0.556. The summed E-state index contributed by atoms with van der Waals surface area (Å²) in [7, 11) is 0. The first kappa shape index (κ1) is 18.6. The number of rotatable bonds is 5. The van der Waals surface area contributed by atoms with E-state index in [2.05, 4.69) is 0 Å². The van der Waals surface area contributed by atoms with Gasteiger partial charge in [0.25, 0.3) is 0 Å². The van der Waals surface area contributed by atoms with Crippen LogP contribution in [0.3, 0.4) is 0 Å². The van der Waals surface area contributed by atoms with Crippen LogP contribution in [0.15, 0.2) is 36.4 Å². The molecule has 140 valence electrons. The zero-order valence-corrected chi connectivity index (χ0v) is 13.7. The average Bonchev–Trinajstić information content (AvgIpc) is 2.61. The SMILES string of the molecule is O=C(O)Cc1ccc2cc(O[C@H]3O[C@H](CO)[C@H](O)[C@H](O)[C@H]3O)ccc2c1. The van der Waals surface area contributed by atoms with Gasteiger partial charge in [-0.15, -0.1) is 0 Å². The Morgan fingerprint density at radius 2 is 1.69 bits per heavy atom. The van der Waals surface area contributed by atoms with Crippen LogP contribution < -0.4 is 4.74 Å². The lowest BCUT2D eigenvalue weighted by Crippen LogP contribution is -2.60. The summed E-state index contributed by atoms with van der Waals surface area (Å²) in [6, 6.07) is 10.3. The molecule has 1 aliphatic rings. The molecule has 8 nitrogen and oxygen atoms in total. The average molecular weight is 364 g/mol. The van der Waals surface area contributed by atoms with Crippen molar-refractivity contribution in [2.24, 2.45) is 0 Å². The molecule has 0 saturated carbocycles. The Morgan fingerprint density at radius 3 is 2.38 bits per heavy atom. The third kappa shape index (κ3) is 3.79. The molecule has 1 heterocycles. The Kier molecular flexibility index (Phi) is 5.40. The van der Waals surface area contributed by atoms with Gasteiger partial charge in [0.15, 0.2) is 0 Å². The monoisotopic (exact) mass is 364 g/mol. The van der Waals surface area contributed by atoms with Crippen molar-refractivity contribution >= 4 is 16.7 Å². The summed E-state index contributed by atoms with van der Waals surface area (Å²) < 4.78 is 10.9. The Balaban J connectivity index is 1.79. The molecule has 0 aliphatic carbocycles. The van der Waals surface area contributed by atoms with E-state index in [4.69, 9.17) is 14.6 Å². The van der Waals surface area contributed by atoms with Crippen molar-refractivity contribution in [2.45, 2.75) is 37.1 Å². The number of hydrogen-bond acceptors (Lipinski definition) is 7. The van der Waals surface area contributed by atoms with E-state index in [1.807, 2.05) is 0 Å². The largest absolute Gasteiger partial charge is 0.481 e. The van der Waals surface area contributed by atoms with Gasteiger partial charge in [-0.2, -0.15) is 0 Å². The van der Waals surface area contributed by atoms with Gasteiger partial charge in [0, 0.05) is 0 Å². The van der Waals surface area contributed by atoms with Crippen LogP contribution in [-0.2, 0) is 16.0 Å². The molecule has 1 fully saturated rings. The number of benzene rings is 2. The first-order valence-electron chi connectivity index (χ1n) is 8.10. The molecule has 0 amide bonds. The minimum Gasteiger partial charge on any atom is -0.481 e. The summed E-state index contributed by atoms with van der Waals surface area (Å²) in [6.45, 7) is -0.533. The quantitative estimate of drug-likeness (QED) is 0.485. The van der Waals surface area contributed by atoms with Crippen molar-refractivity contribution < 1.29 is 39.8 Å². The summed E-state index contributed by atoms with van der Waals surface area (Å²) in [6.07, 6.45) is -6.81. The number of aliphatic hydroxyl groups is 4. The predicted molar refractivity (Wildman–Crippen MR) is 89.7 cm³/mol. The molecule has 3 rings (SSSR count). The molecule has 1 saturated heterocycles. The number of ether oxygens (including phenoxy) is 2. The molecule has 0 unspecified atom stereocenters. The first-order chi connectivity index (χ1) is 12.4. The molecule has 5 atom stereocenters. The maximum absolute atomic E-state index is 10.8. The number of fused-ring (bicyclic) bond motifs is 1. The Morgan fingerprint density at radius 1 is 1.00 bits per heavy atom. The topological polar surface area (TPSA) is 137 Å². The number of aliphatic hydroxyl groups excluding tert-OH is 4. The fourth-order valence-corrected chi connectivity index (χ4v) is 2.93. The third-order valence-electron chi connectivity index (χ3n) is 4.33. The van der Waals surface area contributed by atoms with Gasteiger partial charge >= 0.3 is 5.97 Å². The molecule has 0 bridgehead atoms.